The van der Waals surface area contributed by atoms with Gasteiger partial charge in [0.25, 0.3) is 0 Å². The minimum atomic E-state index is -5.66. The molecule has 2 unspecified atom stereocenters. The second-order valence-corrected chi connectivity index (χ2v) is 10.4. The molecule has 2 heterocycles. The van der Waals surface area contributed by atoms with Gasteiger partial charge in [-0.3, -0.25) is 9.09 Å². The first-order chi connectivity index (χ1) is 13.6. The molecule has 16 nitrogen and oxygen atoms in total. The van der Waals surface area contributed by atoms with Gasteiger partial charge in [0.1, 0.15) is 12.3 Å². The molecule has 30 heavy (non-hydrogen) atoms. The van der Waals surface area contributed by atoms with Gasteiger partial charge in [-0.1, -0.05) is 0 Å². The second kappa shape index (κ2) is 9.25. The smallest absolute Gasteiger partial charge is 0.481 e. The van der Waals surface area contributed by atoms with Crippen molar-refractivity contribution in [3.63, 3.8) is 0 Å². The third-order valence-electron chi connectivity index (χ3n) is 3.61. The number of phosphoric acid groups is 3. The predicted octanol–water partition coefficient (Wildman–Crippen LogP) is -0.448. The standard InChI is InChI=1S/C11H19N2O14P3/c1-6-4-13(11(15)12-10(6)23-2)9-3-7(14)8(25-9)5-24-29(19,20)27-30(21,22)26-28(16,17)18/h4,7-9,14H,3,5H2,1-2H3,(H,19,20)(H,21,22)(H2,16,17,18)/t7-,8+,9+/m0/s1. The largest absolute Gasteiger partial charge is 0.490 e. The lowest BCUT2D eigenvalue weighted by molar-refractivity contribution is -0.0451. The molecule has 2 rings (SSSR count). The molecule has 0 spiro atoms. The lowest BCUT2D eigenvalue weighted by Gasteiger charge is -2.19. The molecular weight excluding hydrogens is 477 g/mol. The third kappa shape index (κ3) is 7.02. The fourth-order valence-corrected chi connectivity index (χ4v) is 5.50. The Morgan fingerprint density at radius 3 is 2.40 bits per heavy atom. The summed E-state index contributed by atoms with van der Waals surface area (Å²) >= 11 is 0. The van der Waals surface area contributed by atoms with Gasteiger partial charge in [-0.25, -0.2) is 18.5 Å². The van der Waals surface area contributed by atoms with Crippen LogP contribution in [0.4, 0.5) is 0 Å². The van der Waals surface area contributed by atoms with E-state index in [0.29, 0.717) is 5.56 Å². The number of aryl methyl sites for hydroxylation is 1. The monoisotopic (exact) mass is 496 g/mol. The number of phosphoric ester groups is 1. The van der Waals surface area contributed by atoms with Gasteiger partial charge >= 0.3 is 29.2 Å². The van der Waals surface area contributed by atoms with Crippen molar-refractivity contribution in [3.8, 4) is 5.88 Å². The summed E-state index contributed by atoms with van der Waals surface area (Å²) in [6, 6.07) is 0. The zero-order valence-electron chi connectivity index (χ0n) is 15.4. The van der Waals surface area contributed by atoms with Crippen LogP contribution in [0.25, 0.3) is 0 Å². The second-order valence-electron chi connectivity index (χ2n) is 5.94. The average Bonchev–Trinajstić information content (AvgIpc) is 2.92. The van der Waals surface area contributed by atoms with E-state index in [9.17, 15) is 28.5 Å². The number of nitrogens with zero attached hydrogens (tertiary/aromatic N) is 2. The maximum absolute atomic E-state index is 12.1. The zero-order valence-corrected chi connectivity index (χ0v) is 18.1. The van der Waals surface area contributed by atoms with E-state index in [1.807, 2.05) is 0 Å². The highest BCUT2D eigenvalue weighted by Gasteiger charge is 2.43. The first-order valence-electron chi connectivity index (χ1n) is 7.88. The van der Waals surface area contributed by atoms with Crippen LogP contribution in [-0.4, -0.2) is 60.2 Å². The number of rotatable bonds is 9. The number of ether oxygens (including phenoxy) is 2. The topological polar surface area (TPSA) is 233 Å². The number of methoxy groups -OCH3 is 1. The van der Waals surface area contributed by atoms with Crippen LogP contribution in [0.5, 0.6) is 5.88 Å². The number of hydrogen-bond acceptors (Lipinski definition) is 11. The molecule has 1 aromatic heterocycles. The number of hydrogen-bond donors (Lipinski definition) is 5. The molecule has 1 aliphatic rings. The van der Waals surface area contributed by atoms with Crippen molar-refractivity contribution in [1.29, 1.82) is 0 Å². The summed E-state index contributed by atoms with van der Waals surface area (Å²) in [5.74, 6) is 0.0963. The van der Waals surface area contributed by atoms with Gasteiger partial charge in [0.2, 0.25) is 5.88 Å². The van der Waals surface area contributed by atoms with Crippen LogP contribution in [0.15, 0.2) is 11.0 Å². The Bertz CT molecular complexity index is 974. The van der Waals surface area contributed by atoms with E-state index in [4.69, 9.17) is 24.2 Å². The van der Waals surface area contributed by atoms with Crippen molar-refractivity contribution in [2.24, 2.45) is 0 Å². The molecule has 0 aliphatic carbocycles. The molecule has 5 N–H and O–H groups in total. The summed E-state index contributed by atoms with van der Waals surface area (Å²) in [6.07, 6.45) is -2.32. The van der Waals surface area contributed by atoms with Gasteiger partial charge in [0.15, 0.2) is 0 Å². The summed E-state index contributed by atoms with van der Waals surface area (Å²) in [5, 5.41) is 10.1. The van der Waals surface area contributed by atoms with Gasteiger partial charge < -0.3 is 34.2 Å². The Morgan fingerprint density at radius 2 is 1.83 bits per heavy atom. The summed E-state index contributed by atoms with van der Waals surface area (Å²) in [4.78, 5) is 51.2. The highest BCUT2D eigenvalue weighted by Crippen LogP contribution is 2.66. The fourth-order valence-electron chi connectivity index (χ4n) is 2.47. The average molecular weight is 496 g/mol. The first kappa shape index (κ1) is 25.3. The third-order valence-corrected chi connectivity index (χ3v) is 7.42. The van der Waals surface area contributed by atoms with Gasteiger partial charge in [0.05, 0.1) is 19.8 Å². The van der Waals surface area contributed by atoms with Gasteiger partial charge in [-0.15, -0.1) is 0 Å². The van der Waals surface area contributed by atoms with Gasteiger partial charge in [0, 0.05) is 18.2 Å². The van der Waals surface area contributed by atoms with Crippen molar-refractivity contribution >= 4 is 23.5 Å². The molecule has 1 aliphatic heterocycles. The quantitative estimate of drug-likeness (QED) is 0.272. The molecule has 5 atom stereocenters. The Morgan fingerprint density at radius 1 is 1.20 bits per heavy atom. The van der Waals surface area contributed by atoms with Crippen LogP contribution in [0.1, 0.15) is 18.2 Å². The van der Waals surface area contributed by atoms with Crippen LogP contribution >= 0.6 is 23.5 Å². The number of aromatic nitrogens is 2. The molecule has 0 saturated carbocycles. The summed E-state index contributed by atoms with van der Waals surface area (Å²) in [6.45, 7) is 0.763. The van der Waals surface area contributed by atoms with Crippen molar-refractivity contribution in [2.75, 3.05) is 13.7 Å². The molecule has 1 saturated heterocycles. The minimum absolute atomic E-state index is 0.0963. The van der Waals surface area contributed by atoms with Gasteiger partial charge in [-0.05, 0) is 6.92 Å². The molecule has 0 amide bonds. The molecule has 1 fully saturated rings. The van der Waals surface area contributed by atoms with E-state index in [-0.39, 0.29) is 12.3 Å². The Hall–Kier alpha value is -0.990. The van der Waals surface area contributed by atoms with E-state index < -0.39 is 54.2 Å². The summed E-state index contributed by atoms with van der Waals surface area (Å²) in [7, 11) is -15.2. The van der Waals surface area contributed by atoms with Crippen LogP contribution in [0.2, 0.25) is 0 Å². The van der Waals surface area contributed by atoms with Crippen LogP contribution in [-0.2, 0) is 31.6 Å². The Balaban J connectivity index is 2.03. The van der Waals surface area contributed by atoms with Crippen LogP contribution in [0.3, 0.4) is 0 Å². The van der Waals surface area contributed by atoms with Crippen molar-refractivity contribution < 1.29 is 61.0 Å². The van der Waals surface area contributed by atoms with E-state index in [2.05, 4.69) is 18.1 Å². The predicted molar refractivity (Wildman–Crippen MR) is 94.1 cm³/mol. The fraction of sp³-hybridized carbons (Fsp3) is 0.636. The summed E-state index contributed by atoms with van der Waals surface area (Å²) in [5.41, 5.74) is -0.255. The first-order valence-corrected chi connectivity index (χ1v) is 12.4. The maximum Gasteiger partial charge on any atom is 0.490 e. The number of aliphatic hydroxyl groups excluding tert-OH is 1. The molecule has 0 aromatic carbocycles. The molecule has 19 heteroatoms. The van der Waals surface area contributed by atoms with E-state index in [1.165, 1.54) is 13.3 Å². The lowest BCUT2D eigenvalue weighted by atomic mass is 10.2. The highest BCUT2D eigenvalue weighted by atomic mass is 31.3. The summed E-state index contributed by atoms with van der Waals surface area (Å²) < 4.78 is 56.6. The van der Waals surface area contributed by atoms with Crippen molar-refractivity contribution in [2.45, 2.75) is 31.8 Å². The van der Waals surface area contributed by atoms with Gasteiger partial charge in [-0.2, -0.15) is 13.6 Å². The molecular formula is C11H19N2O14P3. The normalized spacial score (nSPS) is 26.2. The maximum atomic E-state index is 12.1. The SMILES string of the molecule is COc1nc(=O)n([C@H]2C[C@H](O)[C@@H](COP(=O)(O)OP(=O)(O)OP(=O)(O)O)O2)cc1C. The van der Waals surface area contributed by atoms with Crippen LogP contribution < -0.4 is 10.4 Å². The highest BCUT2D eigenvalue weighted by molar-refractivity contribution is 7.66. The molecule has 172 valence electrons. The minimum Gasteiger partial charge on any atom is -0.481 e. The molecule has 0 bridgehead atoms. The molecule has 0 radical (unpaired) electrons. The van der Waals surface area contributed by atoms with Crippen molar-refractivity contribution in [1.82, 2.24) is 9.55 Å². The zero-order chi connectivity index (χ0) is 22.9. The van der Waals surface area contributed by atoms with E-state index >= 15 is 0 Å². The van der Waals surface area contributed by atoms with E-state index in [0.717, 1.165) is 4.57 Å². The van der Waals surface area contributed by atoms with Crippen LogP contribution in [0, 0.1) is 6.92 Å². The Kier molecular flexibility index (Phi) is 7.79. The lowest BCUT2D eigenvalue weighted by Crippen LogP contribution is -2.28. The molecule has 1 aromatic rings. The number of aliphatic hydroxyl groups is 1. The van der Waals surface area contributed by atoms with E-state index in [1.54, 1.807) is 6.92 Å². The Labute approximate surface area is 168 Å². The van der Waals surface area contributed by atoms with Crippen molar-refractivity contribution in [3.05, 3.63) is 22.2 Å².